The van der Waals surface area contributed by atoms with Gasteiger partial charge in [-0.15, -0.1) is 0 Å². The monoisotopic (exact) mass is 371 g/mol. The van der Waals surface area contributed by atoms with Gasteiger partial charge >= 0.3 is 6.09 Å². The molecule has 0 saturated heterocycles. The molecule has 2 aromatic rings. The maximum atomic E-state index is 12.2. The largest absolute Gasteiger partial charge is 0.444 e. The van der Waals surface area contributed by atoms with Crippen LogP contribution in [-0.2, 0) is 11.3 Å². The van der Waals surface area contributed by atoms with Gasteiger partial charge in [0.1, 0.15) is 5.60 Å². The first kappa shape index (κ1) is 19.9. The van der Waals surface area contributed by atoms with E-state index in [-0.39, 0.29) is 11.6 Å². The highest BCUT2D eigenvalue weighted by molar-refractivity contribution is 6.04. The maximum absolute atomic E-state index is 12.2. The molecule has 8 nitrogen and oxygen atoms in total. The van der Waals surface area contributed by atoms with E-state index in [4.69, 9.17) is 4.74 Å². The number of carbonyl (C=O) groups excluding carboxylic acids is 2. The van der Waals surface area contributed by atoms with Crippen LogP contribution in [0.4, 0.5) is 16.2 Å². The summed E-state index contributed by atoms with van der Waals surface area (Å²) in [6.45, 7) is 5.66. The van der Waals surface area contributed by atoms with Crippen molar-refractivity contribution in [3.63, 3.8) is 0 Å². The van der Waals surface area contributed by atoms with E-state index in [9.17, 15) is 19.7 Å². The van der Waals surface area contributed by atoms with Crippen molar-refractivity contribution in [2.75, 3.05) is 5.32 Å². The minimum absolute atomic E-state index is 0.0756. The second-order valence-corrected chi connectivity index (χ2v) is 6.81. The lowest BCUT2D eigenvalue weighted by molar-refractivity contribution is -0.384. The van der Waals surface area contributed by atoms with Crippen molar-refractivity contribution >= 4 is 23.4 Å². The average molecular weight is 371 g/mol. The predicted molar refractivity (Wildman–Crippen MR) is 101 cm³/mol. The number of anilines is 1. The lowest BCUT2D eigenvalue weighted by atomic mass is 10.1. The number of ether oxygens (including phenoxy) is 1. The summed E-state index contributed by atoms with van der Waals surface area (Å²) in [5.74, 6) is -0.371. The molecule has 2 rings (SSSR count). The molecule has 142 valence electrons. The van der Waals surface area contributed by atoms with Crippen molar-refractivity contribution in [1.29, 1.82) is 0 Å². The van der Waals surface area contributed by atoms with Crippen LogP contribution in [0, 0.1) is 10.1 Å². The number of nitro groups is 1. The molecular weight excluding hydrogens is 350 g/mol. The van der Waals surface area contributed by atoms with Gasteiger partial charge in [0.05, 0.1) is 4.92 Å². The van der Waals surface area contributed by atoms with E-state index in [1.54, 1.807) is 45.0 Å². The van der Waals surface area contributed by atoms with Crippen LogP contribution in [0.25, 0.3) is 0 Å². The zero-order valence-electron chi connectivity index (χ0n) is 15.3. The fraction of sp³-hybridized carbons (Fsp3) is 0.263. The van der Waals surface area contributed by atoms with Crippen molar-refractivity contribution in [1.82, 2.24) is 5.32 Å². The number of nitro benzene ring substituents is 1. The number of benzene rings is 2. The summed E-state index contributed by atoms with van der Waals surface area (Å²) >= 11 is 0. The molecule has 0 heterocycles. The van der Waals surface area contributed by atoms with Gasteiger partial charge in [0.15, 0.2) is 0 Å². The summed E-state index contributed by atoms with van der Waals surface area (Å²) < 4.78 is 5.16. The van der Waals surface area contributed by atoms with E-state index in [1.807, 2.05) is 0 Å². The Morgan fingerprint density at radius 2 is 1.63 bits per heavy atom. The van der Waals surface area contributed by atoms with Crippen molar-refractivity contribution in [3.8, 4) is 0 Å². The Balaban J connectivity index is 1.90. The van der Waals surface area contributed by atoms with Crippen LogP contribution in [0.5, 0.6) is 0 Å². The number of alkyl carbamates (subject to hydrolysis) is 1. The molecule has 0 aliphatic carbocycles. The molecule has 2 aromatic carbocycles. The molecule has 8 heteroatoms. The van der Waals surface area contributed by atoms with Crippen molar-refractivity contribution in [3.05, 3.63) is 69.8 Å². The van der Waals surface area contributed by atoms with Gasteiger partial charge in [-0.2, -0.15) is 0 Å². The third-order valence-corrected chi connectivity index (χ3v) is 3.39. The number of non-ortho nitro benzene ring substituents is 1. The molecule has 0 saturated carbocycles. The highest BCUT2D eigenvalue weighted by Gasteiger charge is 2.15. The topological polar surface area (TPSA) is 111 Å². The van der Waals surface area contributed by atoms with Crippen LogP contribution >= 0.6 is 0 Å². The van der Waals surface area contributed by atoms with Crippen molar-refractivity contribution < 1.29 is 19.2 Å². The van der Waals surface area contributed by atoms with Crippen LogP contribution in [0.3, 0.4) is 0 Å². The van der Waals surface area contributed by atoms with E-state index in [2.05, 4.69) is 10.6 Å². The molecule has 0 unspecified atom stereocenters. The fourth-order valence-electron chi connectivity index (χ4n) is 2.13. The molecule has 2 amide bonds. The lowest BCUT2D eigenvalue weighted by Gasteiger charge is -2.19. The summed E-state index contributed by atoms with van der Waals surface area (Å²) in [5.41, 5.74) is 1.09. The minimum atomic E-state index is -0.559. The Morgan fingerprint density at radius 1 is 1.04 bits per heavy atom. The van der Waals surface area contributed by atoms with Gasteiger partial charge in [0.2, 0.25) is 0 Å². The molecule has 0 spiro atoms. The molecule has 0 aliphatic heterocycles. The number of nitrogens with one attached hydrogen (secondary N) is 2. The van der Waals surface area contributed by atoms with Crippen LogP contribution in [-0.4, -0.2) is 22.5 Å². The van der Waals surface area contributed by atoms with Gasteiger partial charge in [0.25, 0.3) is 11.6 Å². The summed E-state index contributed by atoms with van der Waals surface area (Å²) in [6.07, 6.45) is -0.502. The van der Waals surface area contributed by atoms with Gasteiger partial charge in [0, 0.05) is 29.9 Å². The van der Waals surface area contributed by atoms with Gasteiger partial charge in [-0.1, -0.05) is 12.1 Å². The first-order valence-electron chi connectivity index (χ1n) is 8.26. The van der Waals surface area contributed by atoms with Gasteiger partial charge in [-0.3, -0.25) is 14.9 Å². The lowest BCUT2D eigenvalue weighted by Crippen LogP contribution is -2.32. The third-order valence-electron chi connectivity index (χ3n) is 3.39. The summed E-state index contributed by atoms with van der Waals surface area (Å²) in [7, 11) is 0. The zero-order chi connectivity index (χ0) is 20.0. The Hall–Kier alpha value is -3.42. The molecule has 0 radical (unpaired) electrons. The Labute approximate surface area is 156 Å². The van der Waals surface area contributed by atoms with Gasteiger partial charge in [-0.25, -0.2) is 4.79 Å². The predicted octanol–water partition coefficient (Wildman–Crippen LogP) is 3.87. The first-order chi connectivity index (χ1) is 12.6. The Morgan fingerprint density at radius 3 is 2.15 bits per heavy atom. The number of nitrogens with zero attached hydrogens (tertiary/aromatic N) is 1. The number of hydrogen-bond acceptors (Lipinski definition) is 5. The number of rotatable bonds is 5. The maximum Gasteiger partial charge on any atom is 0.407 e. The highest BCUT2D eigenvalue weighted by Crippen LogP contribution is 2.15. The summed E-state index contributed by atoms with van der Waals surface area (Å²) in [4.78, 5) is 33.9. The molecule has 0 atom stereocenters. The number of hydrogen-bond donors (Lipinski definition) is 2. The van der Waals surface area contributed by atoms with Crippen molar-refractivity contribution in [2.24, 2.45) is 0 Å². The number of carbonyl (C=O) groups is 2. The smallest absolute Gasteiger partial charge is 0.407 e. The molecule has 27 heavy (non-hydrogen) atoms. The van der Waals surface area contributed by atoms with E-state index in [0.29, 0.717) is 17.8 Å². The van der Waals surface area contributed by atoms with Crippen LogP contribution in [0.2, 0.25) is 0 Å². The van der Waals surface area contributed by atoms with Gasteiger partial charge < -0.3 is 15.4 Å². The Kier molecular flexibility index (Phi) is 6.12. The zero-order valence-corrected chi connectivity index (χ0v) is 15.3. The molecule has 2 N–H and O–H groups in total. The van der Waals surface area contributed by atoms with Crippen molar-refractivity contribution in [2.45, 2.75) is 32.9 Å². The normalized spacial score (nSPS) is 10.8. The Bertz CT molecular complexity index is 824. The molecular formula is C19H21N3O5. The summed E-state index contributed by atoms with van der Waals surface area (Å²) in [6, 6.07) is 12.3. The highest BCUT2D eigenvalue weighted by atomic mass is 16.6. The molecule has 0 aromatic heterocycles. The quantitative estimate of drug-likeness (QED) is 0.612. The van der Waals surface area contributed by atoms with Gasteiger partial charge in [-0.05, 0) is 50.6 Å². The minimum Gasteiger partial charge on any atom is -0.444 e. The van der Waals surface area contributed by atoms with Crippen LogP contribution < -0.4 is 10.6 Å². The molecule has 0 bridgehead atoms. The number of amides is 2. The third kappa shape index (κ3) is 6.43. The van der Waals surface area contributed by atoms with E-state index in [1.165, 1.54) is 24.3 Å². The van der Waals surface area contributed by atoms with Crippen LogP contribution in [0.15, 0.2) is 48.5 Å². The molecule has 0 fully saturated rings. The molecule has 0 aliphatic rings. The van der Waals surface area contributed by atoms with Crippen LogP contribution in [0.1, 0.15) is 36.7 Å². The van der Waals surface area contributed by atoms with E-state index < -0.39 is 16.6 Å². The first-order valence-corrected chi connectivity index (χ1v) is 8.26. The second kappa shape index (κ2) is 8.31. The van der Waals surface area contributed by atoms with E-state index >= 15 is 0 Å². The average Bonchev–Trinajstić information content (AvgIpc) is 2.59. The fourth-order valence-corrected chi connectivity index (χ4v) is 2.13. The summed E-state index contributed by atoms with van der Waals surface area (Å²) in [5, 5.41) is 16.0. The second-order valence-electron chi connectivity index (χ2n) is 6.81. The van der Waals surface area contributed by atoms with E-state index in [0.717, 1.165) is 5.56 Å². The standard InChI is InChI=1S/C19H21N3O5/c1-19(2,3)27-18(24)20-12-13-4-8-15(9-5-13)21-17(23)14-6-10-16(11-7-14)22(25)26/h4-11H,12H2,1-3H3,(H,20,24)(H,21,23). The SMILES string of the molecule is CC(C)(C)OC(=O)NCc1ccc(NC(=O)c2ccc([N+](=O)[O-])cc2)cc1.